The second-order valence-corrected chi connectivity index (χ2v) is 4.88. The molecule has 1 aromatic rings. The van der Waals surface area contributed by atoms with E-state index < -0.39 is 0 Å². The molecule has 2 aliphatic rings. The highest BCUT2D eigenvalue weighted by atomic mass is 16.5. The van der Waals surface area contributed by atoms with Crippen molar-refractivity contribution in [3.63, 3.8) is 0 Å². The Labute approximate surface area is 122 Å². The van der Waals surface area contributed by atoms with Gasteiger partial charge in [0.15, 0.2) is 0 Å². The summed E-state index contributed by atoms with van der Waals surface area (Å²) < 4.78 is 10.5. The molecule has 1 aromatic carbocycles. The lowest BCUT2D eigenvalue weighted by Crippen LogP contribution is -2.35. The zero-order valence-electron chi connectivity index (χ0n) is 11.7. The number of carbonyl (C=O) groups is 2. The minimum atomic E-state index is -0.312. The third-order valence-corrected chi connectivity index (χ3v) is 3.58. The first kappa shape index (κ1) is 13.5. The number of methoxy groups -OCH3 is 1. The molecule has 6 nitrogen and oxygen atoms in total. The molecule has 0 saturated heterocycles. The van der Waals surface area contributed by atoms with E-state index in [0.29, 0.717) is 25.3 Å². The van der Waals surface area contributed by atoms with Crippen LogP contribution in [0.1, 0.15) is 12.0 Å². The SMILES string of the molecule is COc1ccc(CN2C(=O)CNC(=O)C3=C2CCO3)cc1. The Balaban J connectivity index is 1.87. The smallest absolute Gasteiger partial charge is 0.288 e. The van der Waals surface area contributed by atoms with Crippen molar-refractivity contribution >= 4 is 11.8 Å². The molecule has 3 rings (SSSR count). The number of rotatable bonds is 3. The second-order valence-electron chi connectivity index (χ2n) is 4.88. The van der Waals surface area contributed by atoms with Crippen LogP contribution in [0.4, 0.5) is 0 Å². The normalized spacial score (nSPS) is 18.0. The van der Waals surface area contributed by atoms with Gasteiger partial charge in [-0.15, -0.1) is 0 Å². The maximum Gasteiger partial charge on any atom is 0.288 e. The Morgan fingerprint density at radius 1 is 1.29 bits per heavy atom. The number of benzene rings is 1. The van der Waals surface area contributed by atoms with E-state index in [1.165, 1.54) is 0 Å². The molecule has 2 heterocycles. The quantitative estimate of drug-likeness (QED) is 0.892. The van der Waals surface area contributed by atoms with E-state index in [0.717, 1.165) is 11.3 Å². The number of amides is 2. The predicted octanol–water partition coefficient (Wildman–Crippen LogP) is 0.785. The second kappa shape index (κ2) is 5.47. The van der Waals surface area contributed by atoms with Gasteiger partial charge < -0.3 is 19.7 Å². The van der Waals surface area contributed by atoms with Crippen LogP contribution in [0.15, 0.2) is 35.7 Å². The van der Waals surface area contributed by atoms with Crippen molar-refractivity contribution in [1.82, 2.24) is 10.2 Å². The molecule has 0 radical (unpaired) electrons. The molecule has 0 bridgehead atoms. The summed E-state index contributed by atoms with van der Waals surface area (Å²) in [5.41, 5.74) is 1.64. The summed E-state index contributed by atoms with van der Waals surface area (Å²) in [4.78, 5) is 25.7. The predicted molar refractivity (Wildman–Crippen MR) is 74.1 cm³/mol. The first-order chi connectivity index (χ1) is 10.2. The van der Waals surface area contributed by atoms with Crippen LogP contribution in [0.5, 0.6) is 5.75 Å². The largest absolute Gasteiger partial charge is 0.497 e. The molecule has 110 valence electrons. The molecule has 0 spiro atoms. The van der Waals surface area contributed by atoms with E-state index in [4.69, 9.17) is 9.47 Å². The van der Waals surface area contributed by atoms with Crippen molar-refractivity contribution in [2.45, 2.75) is 13.0 Å². The third kappa shape index (κ3) is 2.56. The zero-order valence-corrected chi connectivity index (χ0v) is 11.7. The third-order valence-electron chi connectivity index (χ3n) is 3.58. The molecule has 21 heavy (non-hydrogen) atoms. The van der Waals surface area contributed by atoms with Crippen LogP contribution < -0.4 is 10.1 Å². The summed E-state index contributed by atoms with van der Waals surface area (Å²) in [5.74, 6) is 0.596. The number of ether oxygens (including phenoxy) is 2. The molecule has 2 aliphatic heterocycles. The summed E-state index contributed by atoms with van der Waals surface area (Å²) in [7, 11) is 1.61. The minimum Gasteiger partial charge on any atom is -0.497 e. The maximum atomic E-state index is 12.2. The van der Waals surface area contributed by atoms with E-state index in [-0.39, 0.29) is 24.1 Å². The van der Waals surface area contributed by atoms with Crippen LogP contribution in [-0.4, -0.2) is 37.0 Å². The molecule has 0 unspecified atom stereocenters. The Hall–Kier alpha value is -2.50. The fourth-order valence-electron chi connectivity index (χ4n) is 2.48. The van der Waals surface area contributed by atoms with Gasteiger partial charge in [0.1, 0.15) is 5.75 Å². The van der Waals surface area contributed by atoms with Gasteiger partial charge >= 0.3 is 0 Å². The summed E-state index contributed by atoms with van der Waals surface area (Å²) in [6.07, 6.45) is 0.574. The summed E-state index contributed by atoms with van der Waals surface area (Å²) in [5, 5.41) is 2.57. The standard InChI is InChI=1S/C15H16N2O4/c1-20-11-4-2-10(3-5-11)9-17-12-6-7-21-14(12)15(19)16-8-13(17)18/h2-5H,6-9H2,1H3,(H,16,19). The van der Waals surface area contributed by atoms with Gasteiger partial charge in [-0.3, -0.25) is 9.59 Å². The molecular weight excluding hydrogens is 272 g/mol. The van der Waals surface area contributed by atoms with Gasteiger partial charge in [0.25, 0.3) is 5.91 Å². The molecule has 0 fully saturated rings. The molecule has 0 aromatic heterocycles. The molecule has 0 saturated carbocycles. The van der Waals surface area contributed by atoms with Crippen molar-refractivity contribution in [2.24, 2.45) is 0 Å². The van der Waals surface area contributed by atoms with Gasteiger partial charge in [0.05, 0.1) is 32.5 Å². The van der Waals surface area contributed by atoms with Gasteiger partial charge in [0.2, 0.25) is 11.7 Å². The molecule has 0 atom stereocenters. The van der Waals surface area contributed by atoms with Crippen LogP contribution >= 0.6 is 0 Å². The highest BCUT2D eigenvalue weighted by molar-refractivity contribution is 5.98. The number of carbonyl (C=O) groups excluding carboxylic acids is 2. The lowest BCUT2D eigenvalue weighted by molar-refractivity contribution is -0.130. The van der Waals surface area contributed by atoms with E-state index in [1.807, 2.05) is 24.3 Å². The van der Waals surface area contributed by atoms with E-state index in [9.17, 15) is 9.59 Å². The topological polar surface area (TPSA) is 67.9 Å². The van der Waals surface area contributed by atoms with Crippen LogP contribution in [0, 0.1) is 0 Å². The maximum absolute atomic E-state index is 12.2. The van der Waals surface area contributed by atoms with Crippen LogP contribution in [0.25, 0.3) is 0 Å². The fourth-order valence-corrected chi connectivity index (χ4v) is 2.48. The zero-order chi connectivity index (χ0) is 14.8. The van der Waals surface area contributed by atoms with Gasteiger partial charge in [-0.25, -0.2) is 0 Å². The molecule has 6 heteroatoms. The highest BCUT2D eigenvalue weighted by Crippen LogP contribution is 2.27. The van der Waals surface area contributed by atoms with Crippen LogP contribution in [0.3, 0.4) is 0 Å². The first-order valence-corrected chi connectivity index (χ1v) is 6.76. The fraction of sp³-hybridized carbons (Fsp3) is 0.333. The number of hydrogen-bond acceptors (Lipinski definition) is 4. The van der Waals surface area contributed by atoms with Crippen LogP contribution in [0.2, 0.25) is 0 Å². The monoisotopic (exact) mass is 288 g/mol. The summed E-state index contributed by atoms with van der Waals surface area (Å²) in [6.45, 7) is 0.843. The minimum absolute atomic E-state index is 0.00858. The molecule has 2 amide bonds. The molecular formula is C15H16N2O4. The molecule has 0 aliphatic carbocycles. The van der Waals surface area contributed by atoms with Crippen molar-refractivity contribution in [3.05, 3.63) is 41.3 Å². The van der Waals surface area contributed by atoms with Gasteiger partial charge in [-0.2, -0.15) is 0 Å². The average Bonchev–Trinajstić information content (AvgIpc) is 2.96. The van der Waals surface area contributed by atoms with Gasteiger partial charge in [-0.05, 0) is 17.7 Å². The van der Waals surface area contributed by atoms with Gasteiger partial charge in [-0.1, -0.05) is 12.1 Å². The Kier molecular flexibility index (Phi) is 3.51. The van der Waals surface area contributed by atoms with Crippen molar-refractivity contribution in [2.75, 3.05) is 20.3 Å². The number of nitrogens with one attached hydrogen (secondary N) is 1. The summed E-state index contributed by atoms with van der Waals surface area (Å²) >= 11 is 0. The average molecular weight is 288 g/mol. The van der Waals surface area contributed by atoms with Crippen LogP contribution in [-0.2, 0) is 20.9 Å². The first-order valence-electron chi connectivity index (χ1n) is 6.76. The lowest BCUT2D eigenvalue weighted by atomic mass is 10.1. The summed E-state index contributed by atoms with van der Waals surface area (Å²) in [6, 6.07) is 7.51. The Morgan fingerprint density at radius 3 is 2.76 bits per heavy atom. The number of hydrogen-bond donors (Lipinski definition) is 1. The van der Waals surface area contributed by atoms with E-state index in [1.54, 1.807) is 12.0 Å². The van der Waals surface area contributed by atoms with Crippen molar-refractivity contribution in [3.8, 4) is 5.75 Å². The van der Waals surface area contributed by atoms with E-state index >= 15 is 0 Å². The van der Waals surface area contributed by atoms with E-state index in [2.05, 4.69) is 5.32 Å². The van der Waals surface area contributed by atoms with Crippen molar-refractivity contribution in [1.29, 1.82) is 0 Å². The van der Waals surface area contributed by atoms with Crippen molar-refractivity contribution < 1.29 is 19.1 Å². The number of nitrogens with zero attached hydrogens (tertiary/aromatic N) is 1. The molecule has 1 N–H and O–H groups in total. The Bertz CT molecular complexity index is 607. The Morgan fingerprint density at radius 2 is 2.05 bits per heavy atom. The van der Waals surface area contributed by atoms with Gasteiger partial charge in [0, 0.05) is 6.42 Å². The highest BCUT2D eigenvalue weighted by Gasteiger charge is 2.33. The lowest BCUT2D eigenvalue weighted by Gasteiger charge is -2.22.